The summed E-state index contributed by atoms with van der Waals surface area (Å²) in [6.45, 7) is 2.85. The number of aromatic nitrogens is 2. The molecule has 2 aliphatic rings. The Hall–Kier alpha value is -2.80. The highest BCUT2D eigenvalue weighted by molar-refractivity contribution is 7.99. The average molecular weight is 392 g/mol. The van der Waals surface area contributed by atoms with Gasteiger partial charge in [-0.3, -0.25) is 9.59 Å². The van der Waals surface area contributed by atoms with Crippen molar-refractivity contribution in [2.45, 2.75) is 6.54 Å². The summed E-state index contributed by atoms with van der Waals surface area (Å²) in [6.07, 6.45) is 0. The SMILES string of the molecule is O=C1NCCn2c(-c3ccc(C(=O)N4CCSCC4)cc3)nc3cccc1c32. The zero-order valence-corrected chi connectivity index (χ0v) is 16.2. The van der Waals surface area contributed by atoms with E-state index in [1.807, 2.05) is 59.1 Å². The van der Waals surface area contributed by atoms with Gasteiger partial charge in [-0.1, -0.05) is 18.2 Å². The molecule has 0 spiro atoms. The molecule has 0 saturated carbocycles. The van der Waals surface area contributed by atoms with Crippen LogP contribution in [-0.4, -0.2) is 57.4 Å². The Balaban J connectivity index is 1.52. The minimum absolute atomic E-state index is 0.0589. The molecule has 0 unspecified atom stereocenters. The summed E-state index contributed by atoms with van der Waals surface area (Å²) in [7, 11) is 0. The first kappa shape index (κ1) is 17.3. The highest BCUT2D eigenvalue weighted by Gasteiger charge is 2.22. The summed E-state index contributed by atoms with van der Waals surface area (Å²) in [5, 5.41) is 2.94. The first-order valence-electron chi connectivity index (χ1n) is 9.47. The molecule has 0 radical (unpaired) electrons. The van der Waals surface area contributed by atoms with Gasteiger partial charge in [-0.2, -0.15) is 11.8 Å². The van der Waals surface area contributed by atoms with Crippen molar-refractivity contribution in [1.82, 2.24) is 19.8 Å². The van der Waals surface area contributed by atoms with E-state index in [2.05, 4.69) is 9.88 Å². The van der Waals surface area contributed by atoms with Crippen LogP contribution in [-0.2, 0) is 6.54 Å². The van der Waals surface area contributed by atoms with Crippen LogP contribution in [0.3, 0.4) is 0 Å². The fourth-order valence-electron chi connectivity index (χ4n) is 3.89. The van der Waals surface area contributed by atoms with Crippen LogP contribution in [0, 0.1) is 0 Å². The number of nitrogens with zero attached hydrogens (tertiary/aromatic N) is 3. The summed E-state index contributed by atoms with van der Waals surface area (Å²) >= 11 is 1.89. The van der Waals surface area contributed by atoms with Crippen molar-refractivity contribution in [3.05, 3.63) is 53.6 Å². The highest BCUT2D eigenvalue weighted by Crippen LogP contribution is 2.28. The third-order valence-corrected chi connectivity index (χ3v) is 6.26. The third kappa shape index (κ3) is 2.86. The molecule has 1 N–H and O–H groups in total. The molecule has 1 fully saturated rings. The fraction of sp³-hybridized carbons (Fsp3) is 0.286. The van der Waals surface area contributed by atoms with E-state index in [1.54, 1.807) is 0 Å². The maximum Gasteiger partial charge on any atom is 0.253 e. The summed E-state index contributed by atoms with van der Waals surface area (Å²) in [4.78, 5) is 31.7. The molecule has 2 aliphatic heterocycles. The van der Waals surface area contributed by atoms with Crippen LogP contribution >= 0.6 is 11.8 Å². The third-order valence-electron chi connectivity index (χ3n) is 5.32. The molecule has 1 aromatic heterocycles. The van der Waals surface area contributed by atoms with Gasteiger partial charge in [0.25, 0.3) is 11.8 Å². The predicted octanol–water partition coefficient (Wildman–Crippen LogP) is 2.64. The molecular formula is C21H20N4O2S. The van der Waals surface area contributed by atoms with E-state index >= 15 is 0 Å². The number of imidazole rings is 1. The minimum atomic E-state index is -0.0589. The van der Waals surface area contributed by atoms with E-state index in [4.69, 9.17) is 4.98 Å². The molecule has 2 aromatic carbocycles. The van der Waals surface area contributed by atoms with Gasteiger partial charge in [0, 0.05) is 48.8 Å². The molecule has 142 valence electrons. The number of benzene rings is 2. The van der Waals surface area contributed by atoms with Crippen LogP contribution < -0.4 is 5.32 Å². The number of para-hydroxylation sites is 1. The van der Waals surface area contributed by atoms with E-state index in [9.17, 15) is 9.59 Å². The number of hydrogen-bond acceptors (Lipinski definition) is 4. The summed E-state index contributed by atoms with van der Waals surface area (Å²) in [6, 6.07) is 13.3. The number of nitrogens with one attached hydrogen (secondary N) is 1. The van der Waals surface area contributed by atoms with Crippen molar-refractivity contribution in [1.29, 1.82) is 0 Å². The van der Waals surface area contributed by atoms with E-state index in [0.29, 0.717) is 24.2 Å². The molecule has 28 heavy (non-hydrogen) atoms. The molecule has 5 rings (SSSR count). The number of carbonyl (C=O) groups is 2. The Labute approximate surface area is 166 Å². The van der Waals surface area contributed by atoms with Gasteiger partial charge in [0.05, 0.1) is 16.6 Å². The van der Waals surface area contributed by atoms with Crippen LogP contribution in [0.1, 0.15) is 20.7 Å². The summed E-state index contributed by atoms with van der Waals surface area (Å²) in [5.74, 6) is 2.87. The number of amides is 2. The molecule has 0 bridgehead atoms. The lowest BCUT2D eigenvalue weighted by Gasteiger charge is -2.26. The maximum atomic E-state index is 12.7. The van der Waals surface area contributed by atoms with Crippen molar-refractivity contribution in [2.24, 2.45) is 0 Å². The molecule has 3 heterocycles. The maximum absolute atomic E-state index is 12.7. The van der Waals surface area contributed by atoms with Crippen LogP contribution in [0.15, 0.2) is 42.5 Å². The predicted molar refractivity (Wildman–Crippen MR) is 111 cm³/mol. The molecule has 3 aromatic rings. The van der Waals surface area contributed by atoms with Gasteiger partial charge in [-0.25, -0.2) is 4.98 Å². The quantitative estimate of drug-likeness (QED) is 0.728. The Morgan fingerprint density at radius 2 is 1.82 bits per heavy atom. The molecule has 0 atom stereocenters. The summed E-state index contributed by atoms with van der Waals surface area (Å²) < 4.78 is 2.10. The van der Waals surface area contributed by atoms with Gasteiger partial charge >= 0.3 is 0 Å². The topological polar surface area (TPSA) is 67.2 Å². The van der Waals surface area contributed by atoms with E-state index in [1.165, 1.54) is 0 Å². The normalized spacial score (nSPS) is 16.7. The Morgan fingerprint density at radius 1 is 1.04 bits per heavy atom. The van der Waals surface area contributed by atoms with Crippen LogP contribution in [0.25, 0.3) is 22.4 Å². The number of hydrogen-bond donors (Lipinski definition) is 1. The first-order chi connectivity index (χ1) is 13.7. The van der Waals surface area contributed by atoms with Gasteiger partial charge < -0.3 is 14.8 Å². The van der Waals surface area contributed by atoms with Crippen molar-refractivity contribution in [3.8, 4) is 11.4 Å². The molecule has 7 heteroatoms. The van der Waals surface area contributed by atoms with Crippen molar-refractivity contribution in [3.63, 3.8) is 0 Å². The second-order valence-corrected chi connectivity index (χ2v) is 8.22. The molecule has 0 aliphatic carbocycles. The second kappa shape index (κ2) is 6.98. The lowest BCUT2D eigenvalue weighted by atomic mass is 10.1. The average Bonchev–Trinajstić information content (AvgIpc) is 3.03. The fourth-order valence-corrected chi connectivity index (χ4v) is 4.80. The zero-order chi connectivity index (χ0) is 19.1. The van der Waals surface area contributed by atoms with Gasteiger partial charge in [-0.05, 0) is 24.3 Å². The number of rotatable bonds is 2. The van der Waals surface area contributed by atoms with E-state index in [0.717, 1.165) is 47.0 Å². The summed E-state index contributed by atoms with van der Waals surface area (Å²) in [5.41, 5.74) is 4.00. The number of thioether (sulfide) groups is 1. The van der Waals surface area contributed by atoms with E-state index < -0.39 is 0 Å². The van der Waals surface area contributed by atoms with Gasteiger partial charge in [-0.15, -0.1) is 0 Å². The lowest BCUT2D eigenvalue weighted by Crippen LogP contribution is -2.37. The van der Waals surface area contributed by atoms with E-state index in [-0.39, 0.29) is 11.8 Å². The standard InChI is InChI=1S/C21H20N4O2S/c26-20-16-2-1-3-17-18(16)25(9-8-22-20)19(23-17)14-4-6-15(7-5-14)21(27)24-10-12-28-13-11-24/h1-7H,8-13H2,(H,22,26). The molecular weight excluding hydrogens is 372 g/mol. The first-order valence-corrected chi connectivity index (χ1v) is 10.6. The molecule has 2 amide bonds. The van der Waals surface area contributed by atoms with Crippen LogP contribution in [0.5, 0.6) is 0 Å². The van der Waals surface area contributed by atoms with Gasteiger partial charge in [0.15, 0.2) is 0 Å². The van der Waals surface area contributed by atoms with Crippen LogP contribution in [0.4, 0.5) is 0 Å². The Kier molecular flexibility index (Phi) is 4.31. The lowest BCUT2D eigenvalue weighted by molar-refractivity contribution is 0.0772. The van der Waals surface area contributed by atoms with Gasteiger partial charge in [0.1, 0.15) is 5.82 Å². The Bertz CT molecular complexity index is 1070. The minimum Gasteiger partial charge on any atom is -0.350 e. The second-order valence-electron chi connectivity index (χ2n) is 7.00. The Morgan fingerprint density at radius 3 is 2.61 bits per heavy atom. The molecule has 1 saturated heterocycles. The largest absolute Gasteiger partial charge is 0.350 e. The van der Waals surface area contributed by atoms with Crippen molar-refractivity contribution in [2.75, 3.05) is 31.1 Å². The van der Waals surface area contributed by atoms with Crippen molar-refractivity contribution < 1.29 is 9.59 Å². The molecule has 6 nitrogen and oxygen atoms in total. The number of carbonyl (C=O) groups excluding carboxylic acids is 2. The highest BCUT2D eigenvalue weighted by atomic mass is 32.2. The zero-order valence-electron chi connectivity index (χ0n) is 15.4. The monoisotopic (exact) mass is 392 g/mol. The smallest absolute Gasteiger partial charge is 0.253 e. The van der Waals surface area contributed by atoms with Crippen molar-refractivity contribution >= 4 is 34.6 Å². The van der Waals surface area contributed by atoms with Crippen LogP contribution in [0.2, 0.25) is 0 Å². The van der Waals surface area contributed by atoms with Gasteiger partial charge in [0.2, 0.25) is 0 Å².